The molecule has 3 aromatic rings. The van der Waals surface area contributed by atoms with E-state index in [4.69, 9.17) is 4.98 Å². The monoisotopic (exact) mass is 334 g/mol. The first-order valence-corrected chi connectivity index (χ1v) is 8.65. The van der Waals surface area contributed by atoms with Crippen LogP contribution >= 0.6 is 0 Å². The highest BCUT2D eigenvalue weighted by molar-refractivity contribution is 5.54. The standard InChI is InChI=1S/C20H22N4O/c1-13-10-14(2)21-17(13)11-24-9-8-16-18(12-24)22-19(23-20(16)25)15-6-4-3-5-7-15/h3-7,10,21H,8-9,11-12H2,1-2H3,(H,22,23,25). The second kappa shape index (κ2) is 6.33. The van der Waals surface area contributed by atoms with Crippen molar-refractivity contribution in [2.75, 3.05) is 6.54 Å². The summed E-state index contributed by atoms with van der Waals surface area (Å²) in [6.07, 6.45) is 0.742. The second-order valence-corrected chi connectivity index (χ2v) is 6.78. The average molecular weight is 334 g/mol. The van der Waals surface area contributed by atoms with Crippen molar-refractivity contribution in [3.63, 3.8) is 0 Å². The number of hydrogen-bond acceptors (Lipinski definition) is 3. The Hall–Kier alpha value is -2.66. The van der Waals surface area contributed by atoms with Gasteiger partial charge in [0, 0.05) is 42.1 Å². The molecule has 3 heterocycles. The van der Waals surface area contributed by atoms with Crippen LogP contribution in [0.5, 0.6) is 0 Å². The number of fused-ring (bicyclic) bond motifs is 1. The van der Waals surface area contributed by atoms with Crippen LogP contribution in [-0.4, -0.2) is 26.4 Å². The lowest BCUT2D eigenvalue weighted by molar-refractivity contribution is 0.237. The Morgan fingerprint density at radius 3 is 2.68 bits per heavy atom. The first-order valence-electron chi connectivity index (χ1n) is 8.65. The van der Waals surface area contributed by atoms with Crippen molar-refractivity contribution in [1.29, 1.82) is 0 Å². The van der Waals surface area contributed by atoms with Crippen molar-refractivity contribution in [3.8, 4) is 11.4 Å². The Morgan fingerprint density at radius 1 is 1.16 bits per heavy atom. The molecule has 128 valence electrons. The molecule has 0 saturated carbocycles. The van der Waals surface area contributed by atoms with Crippen molar-refractivity contribution in [2.45, 2.75) is 33.4 Å². The van der Waals surface area contributed by atoms with Gasteiger partial charge in [0.1, 0.15) is 5.82 Å². The van der Waals surface area contributed by atoms with Crippen molar-refractivity contribution in [1.82, 2.24) is 19.9 Å². The Labute approximate surface area is 146 Å². The van der Waals surface area contributed by atoms with Gasteiger partial charge in [0.15, 0.2) is 0 Å². The van der Waals surface area contributed by atoms with Gasteiger partial charge >= 0.3 is 0 Å². The third-order valence-corrected chi connectivity index (χ3v) is 4.84. The average Bonchev–Trinajstić information content (AvgIpc) is 2.92. The largest absolute Gasteiger partial charge is 0.361 e. The van der Waals surface area contributed by atoms with Crippen molar-refractivity contribution < 1.29 is 0 Å². The van der Waals surface area contributed by atoms with Crippen LogP contribution in [-0.2, 0) is 19.5 Å². The molecule has 0 saturated heterocycles. The van der Waals surface area contributed by atoms with Gasteiger partial charge in [0.2, 0.25) is 0 Å². The van der Waals surface area contributed by atoms with Gasteiger partial charge in [-0.05, 0) is 31.9 Å². The number of nitrogens with one attached hydrogen (secondary N) is 2. The minimum absolute atomic E-state index is 0.00426. The van der Waals surface area contributed by atoms with Crippen LogP contribution in [0.1, 0.15) is 28.2 Å². The van der Waals surface area contributed by atoms with Crippen LogP contribution in [0.4, 0.5) is 0 Å². The molecule has 1 aliphatic rings. The minimum Gasteiger partial charge on any atom is -0.361 e. The van der Waals surface area contributed by atoms with E-state index in [1.54, 1.807) is 0 Å². The van der Waals surface area contributed by atoms with Gasteiger partial charge in [-0.25, -0.2) is 4.98 Å². The Bertz CT molecular complexity index is 956. The van der Waals surface area contributed by atoms with Crippen LogP contribution in [0.25, 0.3) is 11.4 Å². The van der Waals surface area contributed by atoms with Gasteiger partial charge in [0.25, 0.3) is 5.56 Å². The SMILES string of the molecule is Cc1cc(C)c(CN2CCc3c(nc(-c4ccccc4)[nH]c3=O)C2)[nH]1. The topological polar surface area (TPSA) is 64.8 Å². The van der Waals surface area contributed by atoms with Crippen molar-refractivity contribution in [3.05, 3.63) is 75.0 Å². The van der Waals surface area contributed by atoms with E-state index in [0.717, 1.165) is 36.3 Å². The van der Waals surface area contributed by atoms with Crippen molar-refractivity contribution >= 4 is 0 Å². The van der Waals surface area contributed by atoms with E-state index in [1.165, 1.54) is 17.0 Å². The molecule has 2 aromatic heterocycles. The van der Waals surface area contributed by atoms with E-state index in [-0.39, 0.29) is 5.56 Å². The maximum atomic E-state index is 12.5. The fourth-order valence-electron chi connectivity index (χ4n) is 3.53. The molecular weight excluding hydrogens is 312 g/mol. The Morgan fingerprint density at radius 2 is 1.96 bits per heavy atom. The third-order valence-electron chi connectivity index (χ3n) is 4.84. The zero-order valence-corrected chi connectivity index (χ0v) is 14.6. The van der Waals surface area contributed by atoms with Crippen LogP contribution in [0.2, 0.25) is 0 Å². The molecular formula is C20H22N4O. The molecule has 5 nitrogen and oxygen atoms in total. The van der Waals surface area contributed by atoms with E-state index in [1.807, 2.05) is 30.3 Å². The van der Waals surface area contributed by atoms with E-state index in [2.05, 4.69) is 34.8 Å². The summed E-state index contributed by atoms with van der Waals surface area (Å²) in [7, 11) is 0. The number of aryl methyl sites for hydroxylation is 2. The van der Waals surface area contributed by atoms with E-state index >= 15 is 0 Å². The molecule has 0 radical (unpaired) electrons. The minimum atomic E-state index is -0.00426. The molecule has 0 bridgehead atoms. The number of aromatic nitrogens is 3. The summed E-state index contributed by atoms with van der Waals surface area (Å²) in [5.41, 5.74) is 6.38. The molecule has 1 aromatic carbocycles. The number of hydrogen-bond donors (Lipinski definition) is 2. The van der Waals surface area contributed by atoms with Crippen molar-refractivity contribution in [2.24, 2.45) is 0 Å². The third kappa shape index (κ3) is 3.15. The first-order chi connectivity index (χ1) is 12.1. The van der Waals surface area contributed by atoms with Gasteiger partial charge < -0.3 is 9.97 Å². The Kier molecular flexibility index (Phi) is 4.01. The smallest absolute Gasteiger partial charge is 0.254 e. The molecule has 0 aliphatic carbocycles. The van der Waals surface area contributed by atoms with Crippen LogP contribution in [0.3, 0.4) is 0 Å². The van der Waals surface area contributed by atoms with Gasteiger partial charge in [-0.15, -0.1) is 0 Å². The summed E-state index contributed by atoms with van der Waals surface area (Å²) >= 11 is 0. The second-order valence-electron chi connectivity index (χ2n) is 6.78. The molecule has 25 heavy (non-hydrogen) atoms. The molecule has 0 amide bonds. The van der Waals surface area contributed by atoms with Crippen LogP contribution < -0.4 is 5.56 Å². The normalized spacial score (nSPS) is 14.5. The fraction of sp³-hybridized carbons (Fsp3) is 0.300. The predicted octanol–water partition coefficient (Wildman–Crippen LogP) is 2.94. The molecule has 0 spiro atoms. The maximum Gasteiger partial charge on any atom is 0.254 e. The van der Waals surface area contributed by atoms with Gasteiger partial charge in [0.05, 0.1) is 5.69 Å². The summed E-state index contributed by atoms with van der Waals surface area (Å²) in [5, 5.41) is 0. The molecule has 4 rings (SSSR count). The van der Waals surface area contributed by atoms with E-state index < -0.39 is 0 Å². The fourth-order valence-corrected chi connectivity index (χ4v) is 3.53. The van der Waals surface area contributed by atoms with Crippen LogP contribution in [0.15, 0.2) is 41.2 Å². The lowest BCUT2D eigenvalue weighted by Gasteiger charge is -2.27. The predicted molar refractivity (Wildman–Crippen MR) is 98.4 cm³/mol. The van der Waals surface area contributed by atoms with E-state index in [0.29, 0.717) is 12.4 Å². The molecule has 2 N–H and O–H groups in total. The molecule has 0 fully saturated rings. The zero-order valence-electron chi connectivity index (χ0n) is 14.6. The molecule has 0 unspecified atom stereocenters. The number of H-pyrrole nitrogens is 2. The summed E-state index contributed by atoms with van der Waals surface area (Å²) in [6.45, 7) is 6.65. The summed E-state index contributed by atoms with van der Waals surface area (Å²) < 4.78 is 0. The highest BCUT2D eigenvalue weighted by Crippen LogP contribution is 2.20. The first kappa shape index (κ1) is 15.8. The lowest BCUT2D eigenvalue weighted by atomic mass is 10.1. The number of nitrogens with zero attached hydrogens (tertiary/aromatic N) is 2. The number of benzene rings is 1. The zero-order chi connectivity index (χ0) is 17.4. The quantitative estimate of drug-likeness (QED) is 0.774. The lowest BCUT2D eigenvalue weighted by Crippen LogP contribution is -2.35. The maximum absolute atomic E-state index is 12.5. The van der Waals surface area contributed by atoms with Gasteiger partial charge in [-0.3, -0.25) is 9.69 Å². The van der Waals surface area contributed by atoms with Gasteiger partial charge in [-0.1, -0.05) is 30.3 Å². The van der Waals surface area contributed by atoms with Crippen LogP contribution in [0, 0.1) is 13.8 Å². The van der Waals surface area contributed by atoms with E-state index in [9.17, 15) is 4.79 Å². The number of aromatic amines is 2. The highest BCUT2D eigenvalue weighted by atomic mass is 16.1. The molecule has 5 heteroatoms. The summed E-state index contributed by atoms with van der Waals surface area (Å²) in [4.78, 5) is 25.9. The highest BCUT2D eigenvalue weighted by Gasteiger charge is 2.22. The summed E-state index contributed by atoms with van der Waals surface area (Å²) in [5.74, 6) is 0.651. The number of rotatable bonds is 3. The molecule has 1 aliphatic heterocycles. The summed E-state index contributed by atoms with van der Waals surface area (Å²) in [6, 6.07) is 12.0. The Balaban J connectivity index is 1.62. The molecule has 0 atom stereocenters. The van der Waals surface area contributed by atoms with Gasteiger partial charge in [-0.2, -0.15) is 0 Å².